The number of rotatable bonds is 0. The van der Waals surface area contributed by atoms with E-state index in [9.17, 15) is 4.79 Å². The predicted molar refractivity (Wildman–Crippen MR) is 75.5 cm³/mol. The Kier molecular flexibility index (Phi) is 8.62. The molecular weight excluding hydrogens is 224 g/mol. The molecule has 0 saturated carbocycles. The van der Waals surface area contributed by atoms with E-state index in [0.29, 0.717) is 13.0 Å². The molecule has 0 bridgehead atoms. The molecule has 1 fully saturated rings. The number of carbonyl (C=O) groups is 1. The first-order valence-electron chi connectivity index (χ1n) is 7.61. The van der Waals surface area contributed by atoms with Gasteiger partial charge in [0.25, 0.3) is 0 Å². The zero-order valence-electron chi connectivity index (χ0n) is 11.7. The molecule has 0 aromatic carbocycles. The maximum atomic E-state index is 11.4. The average molecular weight is 252 g/mol. The van der Waals surface area contributed by atoms with Gasteiger partial charge in [-0.2, -0.15) is 0 Å². The molecule has 0 spiro atoms. The number of carbonyl (C=O) groups excluding carboxylic acids is 1. The third-order valence-electron chi connectivity index (χ3n) is 3.60. The predicted octanol–water partition coefficient (Wildman–Crippen LogP) is 4.78. The Morgan fingerprint density at radius 3 is 1.89 bits per heavy atom. The zero-order valence-corrected chi connectivity index (χ0v) is 11.7. The average Bonchev–Trinajstić information content (AvgIpc) is 2.35. The fraction of sp³-hybridized carbons (Fsp3) is 0.812. The molecule has 1 rings (SSSR count). The van der Waals surface area contributed by atoms with Crippen molar-refractivity contribution in [1.29, 1.82) is 0 Å². The van der Waals surface area contributed by atoms with Crippen LogP contribution in [0.4, 0.5) is 0 Å². The molecule has 2 nitrogen and oxygen atoms in total. The minimum atomic E-state index is -0.00419. The van der Waals surface area contributed by atoms with Gasteiger partial charge < -0.3 is 4.74 Å². The smallest absolute Gasteiger partial charge is 0.305 e. The summed E-state index contributed by atoms with van der Waals surface area (Å²) < 4.78 is 5.21. The number of ether oxygens (including phenoxy) is 1. The van der Waals surface area contributed by atoms with Crippen molar-refractivity contribution in [3.05, 3.63) is 12.2 Å². The Hall–Kier alpha value is -0.790. The van der Waals surface area contributed by atoms with E-state index in [1.807, 2.05) is 0 Å². The molecule has 0 amide bonds. The molecule has 1 aliphatic heterocycles. The largest absolute Gasteiger partial charge is 0.466 e. The van der Waals surface area contributed by atoms with E-state index in [-0.39, 0.29) is 5.97 Å². The van der Waals surface area contributed by atoms with Gasteiger partial charge in [0.2, 0.25) is 0 Å². The molecule has 0 aromatic heterocycles. The Bertz CT molecular complexity index is 199. The van der Waals surface area contributed by atoms with Gasteiger partial charge in [-0.15, -0.1) is 0 Å². The molecule has 1 saturated heterocycles. The summed E-state index contributed by atoms with van der Waals surface area (Å²) in [6.07, 6.45) is 13.6. The monoisotopic (exact) mass is 252 g/mol. The van der Waals surface area contributed by atoms with Crippen molar-refractivity contribution < 1.29 is 9.53 Å². The van der Waals surface area contributed by atoms with Crippen LogP contribution in [0.15, 0.2) is 12.2 Å². The molecule has 0 unspecified atom stereocenters. The second-order valence-electron chi connectivity index (χ2n) is 5.40. The number of cyclic esters (lactones) is 1. The summed E-state index contributed by atoms with van der Waals surface area (Å²) in [5.41, 5.74) is 1.42. The summed E-state index contributed by atoms with van der Waals surface area (Å²) in [6.45, 7) is 4.77. The van der Waals surface area contributed by atoms with E-state index in [4.69, 9.17) is 4.74 Å². The van der Waals surface area contributed by atoms with E-state index in [0.717, 1.165) is 19.3 Å². The minimum absolute atomic E-state index is 0.00419. The first kappa shape index (κ1) is 15.3. The molecule has 18 heavy (non-hydrogen) atoms. The molecule has 104 valence electrons. The maximum absolute atomic E-state index is 11.4. The first-order chi connectivity index (χ1) is 8.79. The summed E-state index contributed by atoms with van der Waals surface area (Å²) in [4.78, 5) is 11.4. The summed E-state index contributed by atoms with van der Waals surface area (Å²) in [7, 11) is 0. The number of allylic oxidation sites excluding steroid dienone is 1. The van der Waals surface area contributed by atoms with Crippen molar-refractivity contribution >= 4 is 5.97 Å². The second-order valence-corrected chi connectivity index (χ2v) is 5.40. The maximum Gasteiger partial charge on any atom is 0.305 e. The van der Waals surface area contributed by atoms with Crippen LogP contribution >= 0.6 is 0 Å². The number of hydrogen-bond acceptors (Lipinski definition) is 2. The Morgan fingerprint density at radius 2 is 1.22 bits per heavy atom. The topological polar surface area (TPSA) is 26.3 Å². The zero-order chi connectivity index (χ0) is 13.1. The van der Waals surface area contributed by atoms with Gasteiger partial charge in [-0.1, -0.05) is 44.3 Å². The van der Waals surface area contributed by atoms with E-state index in [2.05, 4.69) is 6.58 Å². The highest BCUT2D eigenvalue weighted by Gasteiger charge is 2.03. The van der Waals surface area contributed by atoms with Crippen LogP contribution in [0, 0.1) is 0 Å². The Labute approximate surface area is 112 Å². The van der Waals surface area contributed by atoms with Crippen molar-refractivity contribution in [3.8, 4) is 0 Å². The molecule has 0 atom stereocenters. The molecule has 1 heterocycles. The lowest BCUT2D eigenvalue weighted by atomic mass is 10.0. The quantitative estimate of drug-likeness (QED) is 0.458. The number of hydrogen-bond donors (Lipinski definition) is 0. The summed E-state index contributed by atoms with van der Waals surface area (Å²) in [5.74, 6) is -0.00419. The molecule has 0 aromatic rings. The van der Waals surface area contributed by atoms with Crippen molar-refractivity contribution in [2.24, 2.45) is 0 Å². The van der Waals surface area contributed by atoms with Gasteiger partial charge in [0, 0.05) is 6.42 Å². The van der Waals surface area contributed by atoms with Crippen LogP contribution in [0.2, 0.25) is 0 Å². The van der Waals surface area contributed by atoms with Crippen LogP contribution in [0.1, 0.15) is 77.0 Å². The van der Waals surface area contributed by atoms with E-state index in [1.165, 1.54) is 56.9 Å². The van der Waals surface area contributed by atoms with E-state index < -0.39 is 0 Å². The summed E-state index contributed by atoms with van der Waals surface area (Å²) >= 11 is 0. The second kappa shape index (κ2) is 10.2. The van der Waals surface area contributed by atoms with Crippen LogP contribution in [0.25, 0.3) is 0 Å². The van der Waals surface area contributed by atoms with Crippen LogP contribution in [-0.4, -0.2) is 12.6 Å². The van der Waals surface area contributed by atoms with Crippen LogP contribution in [0.3, 0.4) is 0 Å². The molecule has 0 radical (unpaired) electrons. The molecule has 0 N–H and O–H groups in total. The standard InChI is InChI=1S/C16H28O2/c1-15-11-7-3-2-4-9-13-16(17)18-14-10-6-5-8-12-15/h1-14H2. The Morgan fingerprint density at radius 1 is 0.722 bits per heavy atom. The number of esters is 1. The van der Waals surface area contributed by atoms with E-state index in [1.54, 1.807) is 0 Å². The van der Waals surface area contributed by atoms with Crippen molar-refractivity contribution in [3.63, 3.8) is 0 Å². The van der Waals surface area contributed by atoms with Crippen LogP contribution in [0.5, 0.6) is 0 Å². The third-order valence-corrected chi connectivity index (χ3v) is 3.60. The van der Waals surface area contributed by atoms with Gasteiger partial charge in [0.1, 0.15) is 0 Å². The summed E-state index contributed by atoms with van der Waals surface area (Å²) in [6, 6.07) is 0. The normalized spacial score (nSPS) is 22.4. The molecule has 1 aliphatic rings. The SMILES string of the molecule is C=C1CCCCCCCC(=O)OCCCCCC1. The van der Waals surface area contributed by atoms with Gasteiger partial charge in [-0.3, -0.25) is 4.79 Å². The lowest BCUT2D eigenvalue weighted by Gasteiger charge is -2.08. The van der Waals surface area contributed by atoms with Crippen LogP contribution in [-0.2, 0) is 9.53 Å². The van der Waals surface area contributed by atoms with Gasteiger partial charge in [0.05, 0.1) is 6.61 Å². The molecule has 0 aliphatic carbocycles. The summed E-state index contributed by atoms with van der Waals surface area (Å²) in [5, 5.41) is 0. The third kappa shape index (κ3) is 8.32. The van der Waals surface area contributed by atoms with Crippen molar-refractivity contribution in [2.45, 2.75) is 77.0 Å². The first-order valence-corrected chi connectivity index (χ1v) is 7.61. The lowest BCUT2D eigenvalue weighted by molar-refractivity contribution is -0.143. The van der Waals surface area contributed by atoms with E-state index >= 15 is 0 Å². The highest BCUT2D eigenvalue weighted by molar-refractivity contribution is 5.69. The van der Waals surface area contributed by atoms with Gasteiger partial charge in [-0.05, 0) is 38.5 Å². The van der Waals surface area contributed by atoms with Crippen molar-refractivity contribution in [2.75, 3.05) is 6.61 Å². The minimum Gasteiger partial charge on any atom is -0.466 e. The van der Waals surface area contributed by atoms with Crippen LogP contribution < -0.4 is 0 Å². The highest BCUT2D eigenvalue weighted by Crippen LogP contribution is 2.16. The Balaban J connectivity index is 2.21. The fourth-order valence-electron chi connectivity index (χ4n) is 2.39. The lowest BCUT2D eigenvalue weighted by Crippen LogP contribution is -2.05. The highest BCUT2D eigenvalue weighted by atomic mass is 16.5. The van der Waals surface area contributed by atoms with Gasteiger partial charge >= 0.3 is 5.97 Å². The van der Waals surface area contributed by atoms with Gasteiger partial charge in [0.15, 0.2) is 0 Å². The fourth-order valence-corrected chi connectivity index (χ4v) is 2.39. The molecular formula is C16H28O2. The van der Waals surface area contributed by atoms with Gasteiger partial charge in [-0.25, -0.2) is 0 Å². The van der Waals surface area contributed by atoms with Crippen molar-refractivity contribution in [1.82, 2.24) is 0 Å². The molecule has 2 heteroatoms.